The number of methoxy groups -OCH3 is 4. The first-order valence-electron chi connectivity index (χ1n) is 10.9. The Labute approximate surface area is 207 Å². The lowest BCUT2D eigenvalue weighted by Gasteiger charge is -2.21. The Bertz CT molecular complexity index is 1250. The first-order chi connectivity index (χ1) is 16.5. The van der Waals surface area contributed by atoms with E-state index in [1.807, 2.05) is 30.3 Å². The van der Waals surface area contributed by atoms with E-state index in [1.54, 1.807) is 40.6 Å². The van der Waals surface area contributed by atoms with Crippen LogP contribution >= 0.6 is 15.9 Å². The summed E-state index contributed by atoms with van der Waals surface area (Å²) >= 11 is 3.58. The van der Waals surface area contributed by atoms with Gasteiger partial charge < -0.3 is 18.9 Å². The molecular formula is C27H27BrNO5+. The van der Waals surface area contributed by atoms with Gasteiger partial charge in [0.05, 0.1) is 38.5 Å². The number of carbonyl (C=O) groups is 1. The van der Waals surface area contributed by atoms with E-state index in [2.05, 4.69) is 32.6 Å². The number of nitrogens with zero attached hydrogens (tertiary/aromatic N) is 1. The monoisotopic (exact) mass is 524 g/mol. The highest BCUT2D eigenvalue weighted by Crippen LogP contribution is 2.39. The van der Waals surface area contributed by atoms with Gasteiger partial charge in [-0.2, -0.15) is 0 Å². The van der Waals surface area contributed by atoms with Gasteiger partial charge in [0, 0.05) is 17.5 Å². The van der Waals surface area contributed by atoms with Crippen molar-refractivity contribution in [2.45, 2.75) is 13.0 Å². The van der Waals surface area contributed by atoms with Crippen LogP contribution < -0.4 is 18.9 Å². The minimum absolute atomic E-state index is 0.114. The van der Waals surface area contributed by atoms with E-state index in [9.17, 15) is 4.79 Å². The smallest absolute Gasteiger partial charge is 0.258 e. The van der Waals surface area contributed by atoms with Gasteiger partial charge in [0.1, 0.15) is 6.54 Å². The Morgan fingerprint density at radius 2 is 1.56 bits per heavy atom. The van der Waals surface area contributed by atoms with E-state index in [0.717, 1.165) is 23.1 Å². The third kappa shape index (κ3) is 4.40. The van der Waals surface area contributed by atoms with Crippen molar-refractivity contribution in [3.05, 3.63) is 81.3 Å². The lowest BCUT2D eigenvalue weighted by Crippen LogP contribution is -2.35. The highest BCUT2D eigenvalue weighted by atomic mass is 79.9. The summed E-state index contributed by atoms with van der Waals surface area (Å²) in [6.07, 6.45) is 0.784. The van der Waals surface area contributed by atoms with E-state index in [1.165, 1.54) is 0 Å². The zero-order valence-corrected chi connectivity index (χ0v) is 21.3. The molecule has 6 nitrogen and oxygen atoms in total. The number of ether oxygens (including phenoxy) is 4. The second-order valence-electron chi connectivity index (χ2n) is 7.86. The van der Waals surface area contributed by atoms with E-state index in [4.69, 9.17) is 18.9 Å². The third-order valence-electron chi connectivity index (χ3n) is 5.99. The van der Waals surface area contributed by atoms with Crippen molar-refractivity contribution >= 4 is 27.4 Å². The second-order valence-corrected chi connectivity index (χ2v) is 8.65. The number of hydrogen-bond donors (Lipinski definition) is 0. The topological polar surface area (TPSA) is 57.0 Å². The molecule has 0 saturated carbocycles. The fraction of sp³-hybridized carbons (Fsp3) is 0.259. The van der Waals surface area contributed by atoms with Gasteiger partial charge in [-0.15, -0.1) is 0 Å². The van der Waals surface area contributed by atoms with Crippen LogP contribution in [0.15, 0.2) is 59.1 Å². The molecule has 1 heterocycles. The quantitative estimate of drug-likeness (QED) is 0.309. The van der Waals surface area contributed by atoms with Crippen LogP contribution in [0.3, 0.4) is 0 Å². The number of fused-ring (bicyclic) bond motifs is 1. The molecule has 4 rings (SSSR count). The Morgan fingerprint density at radius 1 is 0.882 bits per heavy atom. The molecule has 1 aliphatic rings. The standard InChI is InChI=1S/C27H27BrNO5/c1-31-21-11-10-19(24(28)27(21)34-4)26(30)25-20-15-23(33-3)22(32-2)14-18(20)12-13-29(25)16-17-8-6-5-7-9-17/h5-11,14-15H,12-13,16H2,1-4H3/q+1. The van der Waals surface area contributed by atoms with Gasteiger partial charge in [-0.25, -0.2) is 4.58 Å². The second kappa shape index (κ2) is 10.3. The van der Waals surface area contributed by atoms with Gasteiger partial charge in [0.2, 0.25) is 0 Å². The minimum atomic E-state index is -0.114. The maximum atomic E-state index is 14.1. The molecule has 0 bridgehead atoms. The molecule has 0 radical (unpaired) electrons. The Morgan fingerprint density at radius 3 is 2.21 bits per heavy atom. The third-order valence-corrected chi connectivity index (χ3v) is 6.78. The highest BCUT2D eigenvalue weighted by Gasteiger charge is 2.35. The molecule has 0 N–H and O–H groups in total. The average Bonchev–Trinajstić information content (AvgIpc) is 2.87. The molecule has 0 amide bonds. The summed E-state index contributed by atoms with van der Waals surface area (Å²) in [6, 6.07) is 17.5. The highest BCUT2D eigenvalue weighted by molar-refractivity contribution is 9.10. The van der Waals surface area contributed by atoms with Gasteiger partial charge in [-0.3, -0.25) is 4.79 Å². The Balaban J connectivity index is 1.92. The summed E-state index contributed by atoms with van der Waals surface area (Å²) in [5.74, 6) is 2.15. The molecule has 7 heteroatoms. The molecule has 0 unspecified atom stereocenters. The van der Waals surface area contributed by atoms with Crippen LogP contribution in [0.5, 0.6) is 23.0 Å². The molecule has 3 aromatic rings. The van der Waals surface area contributed by atoms with E-state index >= 15 is 0 Å². The summed E-state index contributed by atoms with van der Waals surface area (Å²) in [7, 11) is 6.34. The van der Waals surface area contributed by atoms with Crippen molar-refractivity contribution in [1.29, 1.82) is 0 Å². The van der Waals surface area contributed by atoms with Crippen molar-refractivity contribution in [1.82, 2.24) is 0 Å². The predicted octanol–water partition coefficient (Wildman–Crippen LogP) is 4.92. The summed E-state index contributed by atoms with van der Waals surface area (Å²) in [6.45, 7) is 1.31. The zero-order valence-electron chi connectivity index (χ0n) is 19.7. The number of benzene rings is 3. The van der Waals surface area contributed by atoms with Crippen LogP contribution in [-0.2, 0) is 13.0 Å². The van der Waals surface area contributed by atoms with Crippen LogP contribution in [0.25, 0.3) is 0 Å². The number of rotatable bonds is 8. The lowest BCUT2D eigenvalue weighted by atomic mass is 9.91. The Kier molecular flexibility index (Phi) is 7.22. The number of carbonyl (C=O) groups excluding carboxylic acids is 1. The van der Waals surface area contributed by atoms with Gasteiger partial charge in [-0.05, 0) is 45.8 Å². The molecule has 176 valence electrons. The van der Waals surface area contributed by atoms with Crippen LogP contribution in [0.4, 0.5) is 0 Å². The largest absolute Gasteiger partial charge is 0.493 e. The SMILES string of the molecule is COc1cc2c(cc1OC)C(C(=O)c1ccc(OC)c(OC)c1Br)=[N+](Cc1ccccc1)CC2. The van der Waals surface area contributed by atoms with Crippen LogP contribution in [0.2, 0.25) is 0 Å². The van der Waals surface area contributed by atoms with Crippen molar-refractivity contribution in [3.63, 3.8) is 0 Å². The molecule has 1 aliphatic heterocycles. The number of ketones is 1. The average molecular weight is 525 g/mol. The van der Waals surface area contributed by atoms with Crippen LogP contribution in [-0.4, -0.2) is 51.1 Å². The van der Waals surface area contributed by atoms with Crippen molar-refractivity contribution < 1.29 is 28.3 Å². The van der Waals surface area contributed by atoms with E-state index < -0.39 is 0 Å². The molecule has 0 aromatic heterocycles. The Hall–Kier alpha value is -3.32. The lowest BCUT2D eigenvalue weighted by molar-refractivity contribution is -0.543. The van der Waals surface area contributed by atoms with Gasteiger partial charge in [0.15, 0.2) is 29.5 Å². The zero-order chi connectivity index (χ0) is 24.2. The number of Topliss-reactive ketones (excluding diaryl/α,β-unsaturated/α-hetero) is 1. The van der Waals surface area contributed by atoms with Crippen molar-refractivity contribution in [2.75, 3.05) is 35.0 Å². The normalized spacial score (nSPS) is 12.7. The molecule has 3 aromatic carbocycles. The fourth-order valence-corrected chi connectivity index (χ4v) is 4.98. The summed E-state index contributed by atoms with van der Waals surface area (Å²) < 4.78 is 24.7. The summed E-state index contributed by atoms with van der Waals surface area (Å²) in [5.41, 5.74) is 4.11. The molecular weight excluding hydrogens is 498 g/mol. The minimum Gasteiger partial charge on any atom is -0.493 e. The maximum Gasteiger partial charge on any atom is 0.258 e. The van der Waals surface area contributed by atoms with Gasteiger partial charge in [-0.1, -0.05) is 30.3 Å². The molecule has 34 heavy (non-hydrogen) atoms. The number of halogens is 1. The molecule has 0 fully saturated rings. The maximum absolute atomic E-state index is 14.1. The fourth-order valence-electron chi connectivity index (χ4n) is 4.31. The molecule has 0 spiro atoms. The predicted molar refractivity (Wildman–Crippen MR) is 134 cm³/mol. The first-order valence-corrected chi connectivity index (χ1v) is 11.7. The first kappa shape index (κ1) is 23.8. The van der Waals surface area contributed by atoms with Gasteiger partial charge in [0.25, 0.3) is 11.5 Å². The van der Waals surface area contributed by atoms with Crippen molar-refractivity contribution in [3.8, 4) is 23.0 Å². The van der Waals surface area contributed by atoms with E-state index in [-0.39, 0.29) is 5.78 Å². The molecule has 0 saturated heterocycles. The van der Waals surface area contributed by atoms with Crippen LogP contribution in [0.1, 0.15) is 27.0 Å². The summed E-state index contributed by atoms with van der Waals surface area (Å²) in [4.78, 5) is 14.1. The summed E-state index contributed by atoms with van der Waals surface area (Å²) in [5, 5.41) is 0. The molecule has 0 aliphatic carbocycles. The van der Waals surface area contributed by atoms with Gasteiger partial charge >= 0.3 is 0 Å². The molecule has 0 atom stereocenters. The van der Waals surface area contributed by atoms with Crippen LogP contribution in [0, 0.1) is 0 Å². The number of hydrogen-bond acceptors (Lipinski definition) is 5. The van der Waals surface area contributed by atoms with E-state index in [0.29, 0.717) is 51.8 Å². The van der Waals surface area contributed by atoms with Crippen molar-refractivity contribution in [2.24, 2.45) is 0 Å².